The highest BCUT2D eigenvalue weighted by molar-refractivity contribution is 14.1. The third kappa shape index (κ3) is 3.94. The van der Waals surface area contributed by atoms with Crippen LogP contribution in [0.4, 0.5) is 5.69 Å². The van der Waals surface area contributed by atoms with Crippen LogP contribution < -0.4 is 10.1 Å². The van der Waals surface area contributed by atoms with Crippen molar-refractivity contribution in [2.75, 3.05) is 12.4 Å². The van der Waals surface area contributed by atoms with Crippen molar-refractivity contribution in [3.8, 4) is 5.75 Å². The van der Waals surface area contributed by atoms with Gasteiger partial charge in [0, 0.05) is 17.8 Å². The summed E-state index contributed by atoms with van der Waals surface area (Å²) in [7, 11) is 1.62. The Labute approximate surface area is 197 Å². The molecule has 1 aliphatic rings. The van der Waals surface area contributed by atoms with Gasteiger partial charge < -0.3 is 20.1 Å². The van der Waals surface area contributed by atoms with E-state index in [1.54, 1.807) is 19.2 Å². The number of thiophene rings is 1. The molecule has 0 spiro atoms. The Kier molecular flexibility index (Phi) is 6.06. The number of nitrogens with one attached hydrogen (secondary N) is 1. The molecule has 1 aliphatic heterocycles. The summed E-state index contributed by atoms with van der Waals surface area (Å²) < 4.78 is 6.90. The van der Waals surface area contributed by atoms with Crippen molar-refractivity contribution in [2.24, 2.45) is 0 Å². The second-order valence-electron chi connectivity index (χ2n) is 6.75. The molecule has 2 aromatic carbocycles. The topological polar surface area (TPSA) is 61.8 Å². The van der Waals surface area contributed by atoms with Crippen LogP contribution in [0.2, 0.25) is 4.34 Å². The van der Waals surface area contributed by atoms with Crippen molar-refractivity contribution in [1.82, 2.24) is 4.90 Å². The van der Waals surface area contributed by atoms with Gasteiger partial charge in [-0.15, -0.1) is 11.3 Å². The number of aliphatic hydroxyl groups excluding tert-OH is 1. The Morgan fingerprint density at radius 2 is 2.13 bits per heavy atom. The van der Waals surface area contributed by atoms with Gasteiger partial charge in [-0.2, -0.15) is 0 Å². The lowest BCUT2D eigenvalue weighted by molar-refractivity contribution is 0.0137. The lowest BCUT2D eigenvalue weighted by Gasteiger charge is -2.21. The minimum Gasteiger partial charge on any atom is -0.496 e. The van der Waals surface area contributed by atoms with Crippen LogP contribution >= 0.6 is 45.5 Å². The Morgan fingerprint density at radius 3 is 2.80 bits per heavy atom. The highest BCUT2D eigenvalue weighted by Crippen LogP contribution is 2.39. The first-order valence-electron chi connectivity index (χ1n) is 9.05. The van der Waals surface area contributed by atoms with Gasteiger partial charge in [-0.1, -0.05) is 36.4 Å². The number of ether oxygens (including phenoxy) is 1. The van der Waals surface area contributed by atoms with E-state index in [1.807, 2.05) is 36.4 Å². The van der Waals surface area contributed by atoms with Crippen LogP contribution in [-0.4, -0.2) is 23.0 Å². The molecule has 1 unspecified atom stereocenters. The zero-order valence-electron chi connectivity index (χ0n) is 16.0. The molecule has 4 rings (SSSR count). The van der Waals surface area contributed by atoms with Crippen LogP contribution in [0.15, 0.2) is 55.1 Å². The smallest absolute Gasteiger partial charge is 0.259 e. The lowest BCUT2D eigenvalue weighted by Crippen LogP contribution is -2.27. The fourth-order valence-electron chi connectivity index (χ4n) is 3.41. The van der Waals surface area contributed by atoms with Gasteiger partial charge in [-0.25, -0.2) is 0 Å². The normalized spacial score (nSPS) is 15.3. The van der Waals surface area contributed by atoms with E-state index < -0.39 is 6.23 Å². The summed E-state index contributed by atoms with van der Waals surface area (Å²) in [5, 5.41) is 14.0. The minimum absolute atomic E-state index is 0.233. The van der Waals surface area contributed by atoms with Gasteiger partial charge in [0.2, 0.25) is 0 Å². The van der Waals surface area contributed by atoms with Gasteiger partial charge in [0.15, 0.2) is 6.23 Å². The molecule has 1 amide bonds. The van der Waals surface area contributed by atoms with Crippen LogP contribution in [-0.2, 0) is 6.54 Å². The summed E-state index contributed by atoms with van der Waals surface area (Å²) in [6.07, 6.45) is -1.02. The van der Waals surface area contributed by atoms with E-state index in [1.165, 1.54) is 16.2 Å². The SMILES string of the molecule is C=C(Nc1cccc2c1C(=O)N(Cc1ccc(OC)c(I)c1)C2O)c1ccc(Cl)s1. The predicted molar refractivity (Wildman–Crippen MR) is 129 cm³/mol. The summed E-state index contributed by atoms with van der Waals surface area (Å²) >= 11 is 9.61. The lowest BCUT2D eigenvalue weighted by atomic mass is 10.1. The number of aliphatic hydroxyl groups is 1. The van der Waals surface area contributed by atoms with Gasteiger partial charge in [-0.3, -0.25) is 4.79 Å². The van der Waals surface area contributed by atoms with Gasteiger partial charge in [0.05, 0.1) is 31.1 Å². The number of carbonyl (C=O) groups excluding carboxylic acids is 1. The van der Waals surface area contributed by atoms with Crippen molar-refractivity contribution in [3.05, 3.63) is 84.6 Å². The van der Waals surface area contributed by atoms with Crippen molar-refractivity contribution < 1.29 is 14.6 Å². The first-order valence-corrected chi connectivity index (χ1v) is 11.3. The molecule has 1 atom stereocenters. The van der Waals surface area contributed by atoms with E-state index in [4.69, 9.17) is 16.3 Å². The highest BCUT2D eigenvalue weighted by atomic mass is 127. The molecule has 2 heterocycles. The monoisotopic (exact) mass is 552 g/mol. The van der Waals surface area contributed by atoms with E-state index in [9.17, 15) is 9.90 Å². The molecule has 0 fully saturated rings. The number of rotatable bonds is 6. The summed E-state index contributed by atoms with van der Waals surface area (Å²) in [5.74, 6) is 0.540. The molecule has 5 nitrogen and oxygen atoms in total. The van der Waals surface area contributed by atoms with Crippen LogP contribution in [0.1, 0.15) is 32.6 Å². The molecule has 0 radical (unpaired) electrons. The molecule has 8 heteroatoms. The largest absolute Gasteiger partial charge is 0.496 e. The minimum atomic E-state index is -1.02. The van der Waals surface area contributed by atoms with Crippen LogP contribution in [0, 0.1) is 3.57 Å². The molecule has 0 bridgehead atoms. The summed E-state index contributed by atoms with van der Waals surface area (Å²) in [6, 6.07) is 14.8. The summed E-state index contributed by atoms with van der Waals surface area (Å²) in [6.45, 7) is 4.34. The number of halogens is 2. The highest BCUT2D eigenvalue weighted by Gasteiger charge is 2.37. The molecule has 2 N–H and O–H groups in total. The standard InChI is InChI=1S/C22H18ClIN2O3S/c1-12(18-8-9-19(23)30-18)25-16-5-3-4-14-20(16)22(28)26(21(14)27)11-13-6-7-17(29-2)15(24)10-13/h3-10,21,25,27H,1,11H2,2H3. The molecule has 154 valence electrons. The van der Waals surface area contributed by atoms with Crippen molar-refractivity contribution in [1.29, 1.82) is 0 Å². The number of hydrogen-bond acceptors (Lipinski definition) is 5. The molecule has 1 aromatic heterocycles. The van der Waals surface area contributed by atoms with Crippen LogP contribution in [0.25, 0.3) is 5.70 Å². The summed E-state index contributed by atoms with van der Waals surface area (Å²) in [5.41, 5.74) is 3.19. The van der Waals surface area contributed by atoms with E-state index in [0.29, 0.717) is 26.8 Å². The number of anilines is 1. The van der Waals surface area contributed by atoms with Gasteiger partial charge in [0.1, 0.15) is 5.75 Å². The fraction of sp³-hybridized carbons (Fsp3) is 0.136. The van der Waals surface area contributed by atoms with E-state index >= 15 is 0 Å². The van der Waals surface area contributed by atoms with Gasteiger partial charge >= 0.3 is 0 Å². The third-order valence-corrected chi connectivity index (χ3v) is 7.00. The third-order valence-electron chi connectivity index (χ3n) is 4.87. The van der Waals surface area contributed by atoms with Gasteiger partial charge in [0.25, 0.3) is 5.91 Å². The Balaban J connectivity index is 1.60. The van der Waals surface area contributed by atoms with Crippen molar-refractivity contribution >= 4 is 62.8 Å². The molecular formula is C22H18ClIN2O3S. The number of amides is 1. The zero-order chi connectivity index (χ0) is 21.4. The molecule has 0 saturated carbocycles. The van der Waals surface area contributed by atoms with E-state index in [2.05, 4.69) is 34.5 Å². The number of hydrogen-bond donors (Lipinski definition) is 2. The molecule has 30 heavy (non-hydrogen) atoms. The van der Waals surface area contributed by atoms with Gasteiger partial charge in [-0.05, 0) is 58.5 Å². The maximum atomic E-state index is 13.2. The maximum absolute atomic E-state index is 13.2. The quantitative estimate of drug-likeness (QED) is 0.383. The number of carbonyl (C=O) groups is 1. The average Bonchev–Trinajstić information content (AvgIpc) is 3.26. The second kappa shape index (κ2) is 8.58. The maximum Gasteiger partial charge on any atom is 0.259 e. The number of benzene rings is 2. The summed E-state index contributed by atoms with van der Waals surface area (Å²) in [4.78, 5) is 15.6. The number of nitrogens with zero attached hydrogens (tertiary/aromatic N) is 1. The molecule has 0 saturated heterocycles. The molecule has 0 aliphatic carbocycles. The first-order chi connectivity index (χ1) is 14.4. The predicted octanol–water partition coefficient (Wildman–Crippen LogP) is 5.74. The molecular weight excluding hydrogens is 535 g/mol. The first kappa shape index (κ1) is 21.2. The zero-order valence-corrected chi connectivity index (χ0v) is 19.7. The fourth-order valence-corrected chi connectivity index (χ4v) is 5.18. The van der Waals surface area contributed by atoms with Crippen LogP contribution in [0.5, 0.6) is 5.75 Å². The Bertz CT molecular complexity index is 1150. The van der Waals surface area contributed by atoms with E-state index in [-0.39, 0.29) is 12.5 Å². The second-order valence-corrected chi connectivity index (χ2v) is 9.63. The molecule has 3 aromatic rings. The Hall–Kier alpha value is -2.07. The van der Waals surface area contributed by atoms with E-state index in [0.717, 1.165) is 19.8 Å². The average molecular weight is 553 g/mol. The van der Waals surface area contributed by atoms with Crippen molar-refractivity contribution in [2.45, 2.75) is 12.8 Å². The number of methoxy groups -OCH3 is 1. The van der Waals surface area contributed by atoms with Crippen LogP contribution in [0.3, 0.4) is 0 Å². The number of fused-ring (bicyclic) bond motifs is 1. The van der Waals surface area contributed by atoms with Crippen molar-refractivity contribution in [3.63, 3.8) is 0 Å². The Morgan fingerprint density at radius 1 is 1.33 bits per heavy atom.